The van der Waals surface area contributed by atoms with Gasteiger partial charge in [-0.15, -0.1) is 0 Å². The number of hydrogen-bond acceptors (Lipinski definition) is 2. The van der Waals surface area contributed by atoms with Crippen molar-refractivity contribution in [2.24, 2.45) is 5.92 Å². The van der Waals surface area contributed by atoms with E-state index in [1.807, 2.05) is 6.92 Å². The van der Waals surface area contributed by atoms with Crippen LogP contribution >= 0.6 is 0 Å². The molecule has 1 saturated heterocycles. The number of alkyl halides is 2. The molecule has 1 aromatic carbocycles. The van der Waals surface area contributed by atoms with E-state index >= 15 is 0 Å². The molecule has 0 amide bonds. The Morgan fingerprint density at radius 1 is 1.42 bits per heavy atom. The first kappa shape index (κ1) is 14.3. The molecule has 1 unspecified atom stereocenters. The number of methoxy groups -OCH3 is 1. The van der Waals surface area contributed by atoms with Gasteiger partial charge in [0.25, 0.3) is 5.92 Å². The fourth-order valence-corrected chi connectivity index (χ4v) is 2.65. The van der Waals surface area contributed by atoms with Gasteiger partial charge in [0.15, 0.2) is 0 Å². The highest BCUT2D eigenvalue weighted by Crippen LogP contribution is 2.38. The summed E-state index contributed by atoms with van der Waals surface area (Å²) in [5.41, 5.74) is 0.946. The maximum absolute atomic E-state index is 14.3. The van der Waals surface area contributed by atoms with Crippen molar-refractivity contribution in [3.63, 3.8) is 0 Å². The van der Waals surface area contributed by atoms with E-state index in [4.69, 9.17) is 4.74 Å². The Morgan fingerprint density at radius 3 is 2.79 bits per heavy atom. The van der Waals surface area contributed by atoms with E-state index in [1.165, 1.54) is 6.07 Å². The topological polar surface area (TPSA) is 21.3 Å². The highest BCUT2D eigenvalue weighted by atomic mass is 19.3. The van der Waals surface area contributed by atoms with Gasteiger partial charge in [-0.3, -0.25) is 0 Å². The Kier molecular flexibility index (Phi) is 4.40. The smallest absolute Gasteiger partial charge is 0.273 e. The molecule has 0 aliphatic carbocycles. The molecule has 2 rings (SSSR count). The molecular formula is C15H21F2NO. The van der Waals surface area contributed by atoms with E-state index in [9.17, 15) is 8.78 Å². The van der Waals surface area contributed by atoms with E-state index in [1.54, 1.807) is 19.2 Å². The van der Waals surface area contributed by atoms with Gasteiger partial charge in [-0.05, 0) is 55.6 Å². The van der Waals surface area contributed by atoms with Gasteiger partial charge in [0.1, 0.15) is 5.75 Å². The number of halogens is 2. The van der Waals surface area contributed by atoms with Crippen molar-refractivity contribution in [2.75, 3.05) is 20.2 Å². The molecule has 1 atom stereocenters. The number of rotatable bonds is 5. The average molecular weight is 269 g/mol. The number of nitrogens with one attached hydrogen (secondary N) is 1. The van der Waals surface area contributed by atoms with Gasteiger partial charge >= 0.3 is 0 Å². The maximum Gasteiger partial charge on any atom is 0.273 e. The molecular weight excluding hydrogens is 248 g/mol. The van der Waals surface area contributed by atoms with Crippen molar-refractivity contribution >= 4 is 0 Å². The summed E-state index contributed by atoms with van der Waals surface area (Å²) >= 11 is 0. The normalized spacial score (nSPS) is 19.7. The minimum atomic E-state index is -2.76. The molecule has 0 radical (unpaired) electrons. The lowest BCUT2D eigenvalue weighted by atomic mass is 9.94. The zero-order valence-corrected chi connectivity index (χ0v) is 11.5. The molecule has 1 fully saturated rings. The molecule has 0 aromatic heterocycles. The second kappa shape index (κ2) is 5.87. The standard InChI is InChI=1S/C15H21F2NO/c1-3-12-8-13(4-5-14(12)19-2)15(16,17)9-11-6-7-18-10-11/h4-5,8,11,18H,3,6-7,9-10H2,1-2H3. The van der Waals surface area contributed by atoms with Crippen LogP contribution < -0.4 is 10.1 Å². The highest BCUT2D eigenvalue weighted by molar-refractivity contribution is 5.38. The van der Waals surface area contributed by atoms with E-state index in [0.29, 0.717) is 18.7 Å². The van der Waals surface area contributed by atoms with Crippen molar-refractivity contribution in [1.82, 2.24) is 5.32 Å². The number of aryl methyl sites for hydroxylation is 1. The number of hydrogen-bond donors (Lipinski definition) is 1. The van der Waals surface area contributed by atoms with Crippen molar-refractivity contribution in [3.05, 3.63) is 29.3 Å². The molecule has 1 aromatic rings. The molecule has 1 heterocycles. The third-order valence-corrected chi connectivity index (χ3v) is 3.79. The Balaban J connectivity index is 2.18. The van der Waals surface area contributed by atoms with Gasteiger partial charge in [-0.1, -0.05) is 6.92 Å². The first-order valence-electron chi connectivity index (χ1n) is 6.82. The van der Waals surface area contributed by atoms with Gasteiger partial charge in [0.2, 0.25) is 0 Å². The van der Waals surface area contributed by atoms with Gasteiger partial charge < -0.3 is 10.1 Å². The first-order valence-corrected chi connectivity index (χ1v) is 6.82. The summed E-state index contributed by atoms with van der Waals surface area (Å²) in [6, 6.07) is 4.72. The van der Waals surface area contributed by atoms with Crippen LogP contribution in [0.2, 0.25) is 0 Å². The summed E-state index contributed by atoms with van der Waals surface area (Å²) in [6.45, 7) is 3.50. The Morgan fingerprint density at radius 2 is 2.21 bits per heavy atom. The molecule has 0 spiro atoms. The van der Waals surface area contributed by atoms with Crippen LogP contribution in [0.4, 0.5) is 8.78 Å². The minimum Gasteiger partial charge on any atom is -0.496 e. The fourth-order valence-electron chi connectivity index (χ4n) is 2.65. The number of ether oxygens (including phenoxy) is 1. The van der Waals surface area contributed by atoms with Crippen molar-refractivity contribution < 1.29 is 13.5 Å². The molecule has 1 N–H and O–H groups in total. The second-order valence-corrected chi connectivity index (χ2v) is 5.15. The highest BCUT2D eigenvalue weighted by Gasteiger charge is 2.36. The molecule has 0 bridgehead atoms. The monoisotopic (exact) mass is 269 g/mol. The van der Waals surface area contributed by atoms with Crippen LogP contribution in [0.3, 0.4) is 0 Å². The van der Waals surface area contributed by atoms with Gasteiger partial charge in [-0.2, -0.15) is 0 Å². The van der Waals surface area contributed by atoms with Crippen LogP contribution in [-0.4, -0.2) is 20.2 Å². The zero-order valence-electron chi connectivity index (χ0n) is 11.5. The summed E-state index contributed by atoms with van der Waals surface area (Å²) in [7, 11) is 1.57. The quantitative estimate of drug-likeness (QED) is 0.885. The lowest BCUT2D eigenvalue weighted by Crippen LogP contribution is -2.20. The largest absolute Gasteiger partial charge is 0.496 e. The van der Waals surface area contributed by atoms with E-state index in [0.717, 1.165) is 18.5 Å². The molecule has 1 aliphatic rings. The van der Waals surface area contributed by atoms with Crippen LogP contribution in [-0.2, 0) is 12.3 Å². The molecule has 2 nitrogen and oxygen atoms in total. The van der Waals surface area contributed by atoms with E-state index in [-0.39, 0.29) is 17.9 Å². The van der Waals surface area contributed by atoms with E-state index < -0.39 is 5.92 Å². The minimum absolute atomic E-state index is 0.0715. The third kappa shape index (κ3) is 3.24. The molecule has 1 aliphatic heterocycles. The Labute approximate surface area is 113 Å². The summed E-state index contributed by atoms with van der Waals surface area (Å²) in [4.78, 5) is 0. The SMILES string of the molecule is CCc1cc(C(F)(F)CC2CCNC2)ccc1OC. The molecule has 0 saturated carbocycles. The average Bonchev–Trinajstić information content (AvgIpc) is 2.89. The van der Waals surface area contributed by atoms with Crippen LogP contribution in [0.25, 0.3) is 0 Å². The van der Waals surface area contributed by atoms with Crippen molar-refractivity contribution in [2.45, 2.75) is 32.1 Å². The van der Waals surface area contributed by atoms with Crippen LogP contribution in [0, 0.1) is 5.92 Å². The predicted molar refractivity (Wildman–Crippen MR) is 71.9 cm³/mol. The van der Waals surface area contributed by atoms with Gasteiger partial charge in [-0.25, -0.2) is 8.78 Å². The lowest BCUT2D eigenvalue weighted by molar-refractivity contribution is -0.0269. The van der Waals surface area contributed by atoms with E-state index in [2.05, 4.69) is 5.32 Å². The third-order valence-electron chi connectivity index (χ3n) is 3.79. The lowest BCUT2D eigenvalue weighted by Gasteiger charge is -2.21. The molecule has 19 heavy (non-hydrogen) atoms. The van der Waals surface area contributed by atoms with Crippen LogP contribution in [0.15, 0.2) is 18.2 Å². The van der Waals surface area contributed by atoms with Crippen LogP contribution in [0.1, 0.15) is 30.9 Å². The first-order chi connectivity index (χ1) is 9.06. The molecule has 4 heteroatoms. The maximum atomic E-state index is 14.3. The van der Waals surface area contributed by atoms with Gasteiger partial charge in [0, 0.05) is 12.0 Å². The Hall–Kier alpha value is -1.16. The molecule has 106 valence electrons. The summed E-state index contributed by atoms with van der Waals surface area (Å²) in [5, 5.41) is 3.13. The summed E-state index contributed by atoms with van der Waals surface area (Å²) < 4.78 is 33.8. The van der Waals surface area contributed by atoms with Crippen LogP contribution in [0.5, 0.6) is 5.75 Å². The zero-order chi connectivity index (χ0) is 13.9. The fraction of sp³-hybridized carbons (Fsp3) is 0.600. The summed E-state index contributed by atoms with van der Waals surface area (Å²) in [6.07, 6.45) is 1.46. The predicted octanol–water partition coefficient (Wildman–Crippen LogP) is 3.35. The van der Waals surface area contributed by atoms with Crippen molar-refractivity contribution in [1.29, 1.82) is 0 Å². The Bertz CT molecular complexity index is 428. The second-order valence-electron chi connectivity index (χ2n) is 5.15. The number of benzene rings is 1. The van der Waals surface area contributed by atoms with Crippen molar-refractivity contribution in [3.8, 4) is 5.75 Å². The summed E-state index contributed by atoms with van der Waals surface area (Å²) in [5.74, 6) is -2.00. The van der Waals surface area contributed by atoms with Gasteiger partial charge in [0.05, 0.1) is 7.11 Å².